The first-order valence-electron chi connectivity index (χ1n) is 9.83. The average molecular weight is 360 g/mol. The highest BCUT2D eigenvalue weighted by Gasteiger charge is 2.29. The number of likely N-dealkylation sites (tertiary alicyclic amines) is 1. The molecule has 1 aliphatic heterocycles. The number of carbonyl (C=O) groups is 2. The zero-order valence-corrected chi connectivity index (χ0v) is 16.7. The third kappa shape index (κ3) is 4.99. The van der Waals surface area contributed by atoms with Crippen LogP contribution in [-0.4, -0.2) is 61.9 Å². The second kappa shape index (κ2) is 9.60. The summed E-state index contributed by atoms with van der Waals surface area (Å²) in [6.45, 7) is 7.31. The van der Waals surface area contributed by atoms with E-state index in [1.807, 2.05) is 48.2 Å². The van der Waals surface area contributed by atoms with Crippen LogP contribution in [0.1, 0.15) is 49.9 Å². The van der Waals surface area contributed by atoms with E-state index in [9.17, 15) is 9.59 Å². The molecule has 1 fully saturated rings. The monoisotopic (exact) mass is 359 g/mol. The fraction of sp³-hybridized carbons (Fsp3) is 0.619. The third-order valence-electron chi connectivity index (χ3n) is 5.38. The summed E-state index contributed by atoms with van der Waals surface area (Å²) >= 11 is 0. The van der Waals surface area contributed by atoms with Gasteiger partial charge in [-0.15, -0.1) is 0 Å². The van der Waals surface area contributed by atoms with E-state index >= 15 is 0 Å². The van der Waals surface area contributed by atoms with Gasteiger partial charge in [-0.05, 0) is 50.5 Å². The van der Waals surface area contributed by atoms with Crippen LogP contribution in [0.5, 0.6) is 0 Å². The van der Waals surface area contributed by atoms with Gasteiger partial charge in [0.05, 0.1) is 0 Å². The second-order valence-corrected chi connectivity index (χ2v) is 7.24. The molecule has 0 N–H and O–H groups in total. The van der Waals surface area contributed by atoms with Gasteiger partial charge in [0, 0.05) is 57.4 Å². The quantitative estimate of drug-likeness (QED) is 0.751. The van der Waals surface area contributed by atoms with Crippen molar-refractivity contribution in [2.45, 2.75) is 39.5 Å². The summed E-state index contributed by atoms with van der Waals surface area (Å²) in [7, 11) is 3.93. The maximum Gasteiger partial charge on any atom is 0.253 e. The first kappa shape index (κ1) is 20.3. The van der Waals surface area contributed by atoms with Crippen molar-refractivity contribution in [2.24, 2.45) is 5.92 Å². The number of amides is 2. The van der Waals surface area contributed by atoms with Gasteiger partial charge in [0.25, 0.3) is 5.91 Å². The molecule has 0 radical (unpaired) electrons. The molecular weight excluding hydrogens is 326 g/mol. The number of nitrogens with zero attached hydrogens (tertiary/aromatic N) is 3. The molecule has 5 nitrogen and oxygen atoms in total. The van der Waals surface area contributed by atoms with E-state index in [-0.39, 0.29) is 17.7 Å². The number of carbonyl (C=O) groups excluding carboxylic acids is 2. The number of anilines is 1. The van der Waals surface area contributed by atoms with Gasteiger partial charge in [-0.25, -0.2) is 0 Å². The van der Waals surface area contributed by atoms with Gasteiger partial charge < -0.3 is 14.7 Å². The maximum atomic E-state index is 12.7. The molecule has 1 heterocycles. The molecule has 1 saturated heterocycles. The van der Waals surface area contributed by atoms with Crippen LogP contribution in [-0.2, 0) is 4.79 Å². The van der Waals surface area contributed by atoms with E-state index in [0.717, 1.165) is 50.0 Å². The lowest BCUT2D eigenvalue weighted by Gasteiger charge is -2.33. The Morgan fingerprint density at radius 2 is 1.69 bits per heavy atom. The highest BCUT2D eigenvalue weighted by Crippen LogP contribution is 2.22. The number of unbranched alkanes of at least 4 members (excludes halogenated alkanes) is 1. The Kier molecular flexibility index (Phi) is 7.49. The Bertz CT molecular complexity index is 592. The largest absolute Gasteiger partial charge is 0.375 e. The molecule has 0 aliphatic carbocycles. The van der Waals surface area contributed by atoms with Gasteiger partial charge in [-0.1, -0.05) is 13.3 Å². The molecule has 144 valence electrons. The number of hydrogen-bond acceptors (Lipinski definition) is 3. The van der Waals surface area contributed by atoms with Crippen molar-refractivity contribution >= 4 is 17.5 Å². The minimum absolute atomic E-state index is 0.0569. The van der Waals surface area contributed by atoms with Gasteiger partial charge in [0.1, 0.15) is 0 Å². The highest BCUT2D eigenvalue weighted by molar-refractivity contribution is 5.94. The standard InChI is InChI=1S/C21H33N3O2/c1-5-7-14-23(4)20(25)18-12-15-24(16-13-18)21(26)17-8-10-19(11-9-17)22(3)6-2/h8-11,18H,5-7,12-16H2,1-4H3. The SMILES string of the molecule is CCCCN(C)C(=O)C1CCN(C(=O)c2ccc(N(C)CC)cc2)CC1. The molecule has 26 heavy (non-hydrogen) atoms. The van der Waals surface area contributed by atoms with Crippen molar-refractivity contribution in [3.8, 4) is 0 Å². The predicted octanol–water partition coefficient (Wildman–Crippen LogP) is 3.25. The number of rotatable bonds is 7. The van der Waals surface area contributed by atoms with Gasteiger partial charge in [-0.2, -0.15) is 0 Å². The zero-order valence-electron chi connectivity index (χ0n) is 16.7. The lowest BCUT2D eigenvalue weighted by atomic mass is 9.94. The Hall–Kier alpha value is -2.04. The molecule has 0 saturated carbocycles. The van der Waals surface area contributed by atoms with Crippen LogP contribution in [0.2, 0.25) is 0 Å². The molecule has 0 unspecified atom stereocenters. The van der Waals surface area contributed by atoms with Gasteiger partial charge in [0.15, 0.2) is 0 Å². The van der Waals surface area contributed by atoms with Gasteiger partial charge in [0.2, 0.25) is 5.91 Å². The second-order valence-electron chi connectivity index (χ2n) is 7.24. The number of benzene rings is 1. The number of hydrogen-bond donors (Lipinski definition) is 0. The van der Waals surface area contributed by atoms with Crippen LogP contribution in [0.25, 0.3) is 0 Å². The van der Waals surface area contributed by atoms with Gasteiger partial charge >= 0.3 is 0 Å². The Morgan fingerprint density at radius 1 is 1.08 bits per heavy atom. The summed E-state index contributed by atoms with van der Waals surface area (Å²) in [5.74, 6) is 0.361. The summed E-state index contributed by atoms with van der Waals surface area (Å²) in [6.07, 6.45) is 3.66. The molecule has 5 heteroatoms. The predicted molar refractivity (Wildman–Crippen MR) is 107 cm³/mol. The normalized spacial score (nSPS) is 15.0. The van der Waals surface area contributed by atoms with Gasteiger partial charge in [-0.3, -0.25) is 9.59 Å². The Morgan fingerprint density at radius 3 is 2.23 bits per heavy atom. The highest BCUT2D eigenvalue weighted by atomic mass is 16.2. The van der Waals surface area contributed by atoms with Crippen molar-refractivity contribution in [3.05, 3.63) is 29.8 Å². The third-order valence-corrected chi connectivity index (χ3v) is 5.38. The molecular formula is C21H33N3O2. The summed E-state index contributed by atoms with van der Waals surface area (Å²) in [4.78, 5) is 31.1. The van der Waals surface area contributed by atoms with E-state index in [1.54, 1.807) is 0 Å². The number of piperidine rings is 1. The lowest BCUT2D eigenvalue weighted by molar-refractivity contribution is -0.135. The molecule has 1 aliphatic rings. The summed E-state index contributed by atoms with van der Waals surface area (Å²) < 4.78 is 0. The summed E-state index contributed by atoms with van der Waals surface area (Å²) in [6, 6.07) is 7.80. The van der Waals surface area contributed by atoms with E-state index < -0.39 is 0 Å². The zero-order chi connectivity index (χ0) is 19.1. The summed E-state index contributed by atoms with van der Waals surface area (Å²) in [5.41, 5.74) is 1.84. The minimum atomic E-state index is 0.0569. The van der Waals surface area contributed by atoms with E-state index in [0.29, 0.717) is 13.1 Å². The minimum Gasteiger partial charge on any atom is -0.375 e. The fourth-order valence-corrected chi connectivity index (χ4v) is 3.37. The molecule has 0 bridgehead atoms. The van der Waals surface area contributed by atoms with Crippen LogP contribution >= 0.6 is 0 Å². The molecule has 1 aromatic carbocycles. The molecule has 2 amide bonds. The Labute approximate surface area is 158 Å². The van der Waals surface area contributed by atoms with E-state index in [2.05, 4.69) is 18.7 Å². The first-order chi connectivity index (χ1) is 12.5. The van der Waals surface area contributed by atoms with Crippen molar-refractivity contribution in [2.75, 3.05) is 45.2 Å². The molecule has 0 aromatic heterocycles. The molecule has 1 aromatic rings. The molecule has 0 spiro atoms. The van der Waals surface area contributed by atoms with Crippen molar-refractivity contribution in [1.29, 1.82) is 0 Å². The Balaban J connectivity index is 1.89. The molecule has 0 atom stereocenters. The smallest absolute Gasteiger partial charge is 0.253 e. The van der Waals surface area contributed by atoms with Crippen molar-refractivity contribution in [3.63, 3.8) is 0 Å². The van der Waals surface area contributed by atoms with Crippen molar-refractivity contribution in [1.82, 2.24) is 9.80 Å². The van der Waals surface area contributed by atoms with Crippen LogP contribution in [0.15, 0.2) is 24.3 Å². The summed E-state index contributed by atoms with van der Waals surface area (Å²) in [5, 5.41) is 0. The lowest BCUT2D eigenvalue weighted by Crippen LogP contribution is -2.43. The molecule has 2 rings (SSSR count). The van der Waals surface area contributed by atoms with Crippen molar-refractivity contribution < 1.29 is 9.59 Å². The van der Waals surface area contributed by atoms with Crippen LogP contribution < -0.4 is 4.90 Å². The first-order valence-corrected chi connectivity index (χ1v) is 9.83. The maximum absolute atomic E-state index is 12.7. The topological polar surface area (TPSA) is 43.9 Å². The van der Waals surface area contributed by atoms with Crippen LogP contribution in [0.3, 0.4) is 0 Å². The van der Waals surface area contributed by atoms with E-state index in [4.69, 9.17) is 0 Å². The van der Waals surface area contributed by atoms with Crippen LogP contribution in [0, 0.1) is 5.92 Å². The van der Waals surface area contributed by atoms with Crippen LogP contribution in [0.4, 0.5) is 5.69 Å². The van der Waals surface area contributed by atoms with E-state index in [1.165, 1.54) is 0 Å². The average Bonchev–Trinajstić information content (AvgIpc) is 2.70. The fourth-order valence-electron chi connectivity index (χ4n) is 3.37.